The van der Waals surface area contributed by atoms with Gasteiger partial charge in [0.2, 0.25) is 5.91 Å². The predicted octanol–water partition coefficient (Wildman–Crippen LogP) is 4.43. The molecule has 1 atom stereocenters. The van der Waals surface area contributed by atoms with Gasteiger partial charge in [-0.15, -0.1) is 0 Å². The van der Waals surface area contributed by atoms with Gasteiger partial charge >= 0.3 is 51.5 Å². The van der Waals surface area contributed by atoms with Crippen molar-refractivity contribution in [2.75, 3.05) is 6.61 Å². The monoisotopic (exact) mass is 459 g/mol. The second-order valence-corrected chi connectivity index (χ2v) is 6.98. The molecule has 0 aliphatic heterocycles. The number of carboxylic acid groups (broad SMARTS) is 1. The van der Waals surface area contributed by atoms with Gasteiger partial charge in [-0.3, -0.25) is 4.79 Å². The largest absolute Gasteiger partial charge is 2.00 e. The Bertz CT molecular complexity index is 399. The smallest absolute Gasteiger partial charge is 1.00 e. The zero-order chi connectivity index (χ0) is 19.5. The van der Waals surface area contributed by atoms with Gasteiger partial charge in [-0.2, -0.15) is 0 Å². The van der Waals surface area contributed by atoms with Crippen LogP contribution in [0.2, 0.25) is 0 Å². The van der Waals surface area contributed by atoms with Crippen molar-refractivity contribution in [2.45, 2.75) is 103 Å². The molecule has 27 heavy (non-hydrogen) atoms. The number of carbonyl (C=O) groups excluding carboxylic acids is 1. The Labute approximate surface area is 205 Å². The van der Waals surface area contributed by atoms with Crippen molar-refractivity contribution in [1.29, 1.82) is 0 Å². The predicted molar refractivity (Wildman–Crippen MR) is 114 cm³/mol. The molecule has 1 unspecified atom stereocenters. The van der Waals surface area contributed by atoms with E-state index in [1.807, 2.05) is 0 Å². The maximum Gasteiger partial charge on any atom is 2.00 e. The minimum absolute atomic E-state index is 0. The van der Waals surface area contributed by atoms with Crippen molar-refractivity contribution in [3.8, 4) is 0 Å². The number of aliphatic hydroxyl groups is 1. The Hall–Kier alpha value is 0.121. The molecule has 0 radical (unpaired) electrons. The van der Waals surface area contributed by atoms with E-state index in [0.29, 0.717) is 6.42 Å². The van der Waals surface area contributed by atoms with Crippen molar-refractivity contribution in [3.63, 3.8) is 0 Å². The number of aliphatic carboxylic acids is 1. The zero-order valence-corrected chi connectivity index (χ0v) is 20.7. The third-order valence-corrected chi connectivity index (χ3v) is 4.48. The summed E-state index contributed by atoms with van der Waals surface area (Å²) in [5.41, 5.74) is 0. The van der Waals surface area contributed by atoms with Crippen LogP contribution < -0.4 is 5.32 Å². The molecule has 0 aromatic rings. The quantitative estimate of drug-likeness (QED) is 0.161. The molecule has 1 amide bonds. The molecular weight excluding hydrogens is 418 g/mol. The van der Waals surface area contributed by atoms with Crippen LogP contribution in [0.4, 0.5) is 0 Å². The number of hydrogen-bond donors (Lipinski definition) is 3. The summed E-state index contributed by atoms with van der Waals surface area (Å²) in [6.07, 6.45) is 20.5. The molecule has 5 nitrogen and oxygen atoms in total. The first kappa shape index (κ1) is 29.3. The van der Waals surface area contributed by atoms with E-state index in [4.69, 9.17) is 10.2 Å². The normalized spacial score (nSPS) is 11.9. The standard InChI is InChI=1S/C21H39NO4.Sr.2H/c1-2-3-4-5-6-7-8-9-10-11-12-13-14-15-16-17-20(24)22-19(18-23)21(25)26;;;/h9-10,19,23H,2-8,11-18H2,1H3,(H,22,24)(H,25,26);;;/q;+2;2*-1/b10-9-;;;. The SMILES string of the molecule is CCCCCCCC/C=C\CCCCCCCC(=O)NC(CO)C(=O)O.[H-].[H-].[Sr+2]. The minimum Gasteiger partial charge on any atom is -1.00 e. The van der Waals surface area contributed by atoms with Gasteiger partial charge in [0.1, 0.15) is 6.04 Å². The zero-order valence-electron chi connectivity index (χ0n) is 19.3. The molecule has 0 bridgehead atoms. The fourth-order valence-corrected chi connectivity index (χ4v) is 2.81. The van der Waals surface area contributed by atoms with Crippen molar-refractivity contribution >= 4 is 57.4 Å². The van der Waals surface area contributed by atoms with E-state index < -0.39 is 18.6 Å². The molecule has 0 saturated carbocycles. The molecule has 0 heterocycles. The number of nitrogens with one attached hydrogen (secondary N) is 1. The van der Waals surface area contributed by atoms with Crippen LogP contribution in [0.15, 0.2) is 12.2 Å². The van der Waals surface area contributed by atoms with E-state index in [1.54, 1.807) is 0 Å². The Morgan fingerprint density at radius 1 is 0.889 bits per heavy atom. The van der Waals surface area contributed by atoms with Crippen LogP contribution in [-0.4, -0.2) is 80.2 Å². The van der Waals surface area contributed by atoms with Crippen LogP contribution in [0.5, 0.6) is 0 Å². The van der Waals surface area contributed by atoms with E-state index in [2.05, 4.69) is 24.4 Å². The van der Waals surface area contributed by atoms with Gasteiger partial charge in [0.05, 0.1) is 6.61 Å². The fraction of sp³-hybridized carbons (Fsp3) is 0.810. The first-order valence-electron chi connectivity index (χ1n) is 10.4. The number of amides is 1. The Balaban J connectivity index is -0.00000104. The summed E-state index contributed by atoms with van der Waals surface area (Å²) >= 11 is 0. The molecule has 6 heteroatoms. The van der Waals surface area contributed by atoms with Gasteiger partial charge in [0.25, 0.3) is 0 Å². The molecule has 0 aliphatic rings. The summed E-state index contributed by atoms with van der Waals surface area (Å²) in [7, 11) is 0. The minimum atomic E-state index is -1.20. The second-order valence-electron chi connectivity index (χ2n) is 6.98. The maximum absolute atomic E-state index is 11.6. The van der Waals surface area contributed by atoms with E-state index in [0.717, 1.165) is 32.1 Å². The van der Waals surface area contributed by atoms with Gasteiger partial charge in [-0.05, 0) is 32.1 Å². The van der Waals surface area contributed by atoms with E-state index in [1.165, 1.54) is 51.4 Å². The second kappa shape index (κ2) is 22.4. The van der Waals surface area contributed by atoms with Crippen molar-refractivity contribution in [3.05, 3.63) is 12.2 Å². The van der Waals surface area contributed by atoms with Crippen molar-refractivity contribution in [1.82, 2.24) is 5.32 Å². The van der Waals surface area contributed by atoms with Crippen molar-refractivity contribution in [2.24, 2.45) is 0 Å². The van der Waals surface area contributed by atoms with Crippen LogP contribution in [0, 0.1) is 0 Å². The van der Waals surface area contributed by atoms with Crippen LogP contribution in [0.1, 0.15) is 99.7 Å². The van der Waals surface area contributed by atoms with E-state index >= 15 is 0 Å². The number of rotatable bonds is 18. The molecule has 0 fully saturated rings. The molecule has 0 aliphatic carbocycles. The number of allylic oxidation sites excluding steroid dienone is 2. The average Bonchev–Trinajstić information content (AvgIpc) is 2.62. The van der Waals surface area contributed by atoms with Crippen LogP contribution in [0.25, 0.3) is 0 Å². The fourth-order valence-electron chi connectivity index (χ4n) is 2.81. The Kier molecular flexibility index (Phi) is 24.3. The van der Waals surface area contributed by atoms with Gasteiger partial charge in [0.15, 0.2) is 0 Å². The maximum atomic E-state index is 11.6. The van der Waals surface area contributed by atoms with Gasteiger partial charge in [0, 0.05) is 6.42 Å². The summed E-state index contributed by atoms with van der Waals surface area (Å²) in [5, 5.41) is 19.9. The molecule has 0 spiro atoms. The number of unbranched alkanes of at least 4 members (excludes halogenated alkanes) is 11. The van der Waals surface area contributed by atoms with Gasteiger partial charge in [-0.1, -0.05) is 70.4 Å². The van der Waals surface area contributed by atoms with Crippen molar-refractivity contribution < 1.29 is 22.7 Å². The first-order chi connectivity index (χ1) is 12.6. The Morgan fingerprint density at radius 2 is 1.37 bits per heavy atom. The third kappa shape index (κ3) is 20.7. The molecule has 0 aromatic heterocycles. The van der Waals surface area contributed by atoms with Crippen LogP contribution in [0.3, 0.4) is 0 Å². The number of aliphatic hydroxyl groups excluding tert-OH is 1. The molecule has 0 rings (SSSR count). The summed E-state index contributed by atoms with van der Waals surface area (Å²) in [5.74, 6) is -1.51. The average molecular weight is 459 g/mol. The molecule has 3 N–H and O–H groups in total. The Morgan fingerprint density at radius 3 is 1.85 bits per heavy atom. The first-order valence-corrected chi connectivity index (χ1v) is 10.4. The topological polar surface area (TPSA) is 86.6 Å². The molecule has 0 saturated heterocycles. The summed E-state index contributed by atoms with van der Waals surface area (Å²) in [6.45, 7) is 1.67. The van der Waals surface area contributed by atoms with Crippen LogP contribution in [-0.2, 0) is 9.59 Å². The number of carbonyl (C=O) groups is 2. The summed E-state index contributed by atoms with van der Waals surface area (Å²) in [4.78, 5) is 22.3. The van der Waals surface area contributed by atoms with E-state index in [9.17, 15) is 9.59 Å². The molecule has 0 aromatic carbocycles. The molecule has 156 valence electrons. The van der Waals surface area contributed by atoms with E-state index in [-0.39, 0.29) is 54.2 Å². The molecular formula is C21H41NO4Sr. The van der Waals surface area contributed by atoms with Crippen LogP contribution >= 0.6 is 0 Å². The van der Waals surface area contributed by atoms with Gasteiger partial charge in [-0.25, -0.2) is 4.79 Å². The number of carboxylic acids is 1. The third-order valence-electron chi connectivity index (χ3n) is 4.48. The summed E-state index contributed by atoms with van der Waals surface area (Å²) in [6, 6.07) is -1.19. The number of hydrogen-bond acceptors (Lipinski definition) is 3. The summed E-state index contributed by atoms with van der Waals surface area (Å²) < 4.78 is 0. The van der Waals surface area contributed by atoms with Gasteiger partial charge < -0.3 is 18.4 Å².